The van der Waals surface area contributed by atoms with Gasteiger partial charge in [-0.15, -0.1) is 0 Å². The molecule has 1 aliphatic carbocycles. The van der Waals surface area contributed by atoms with Crippen molar-refractivity contribution < 1.29 is 0 Å². The highest BCUT2D eigenvalue weighted by molar-refractivity contribution is 4.86. The van der Waals surface area contributed by atoms with Crippen LogP contribution in [0, 0.1) is 11.8 Å². The van der Waals surface area contributed by atoms with Gasteiger partial charge < -0.3 is 5.32 Å². The number of nitrogens with one attached hydrogen (secondary N) is 1. The van der Waals surface area contributed by atoms with Crippen molar-refractivity contribution in [3.63, 3.8) is 0 Å². The van der Waals surface area contributed by atoms with Crippen LogP contribution >= 0.6 is 0 Å². The lowest BCUT2D eigenvalue weighted by Crippen LogP contribution is -2.45. The van der Waals surface area contributed by atoms with Crippen LogP contribution in [0.3, 0.4) is 0 Å². The van der Waals surface area contributed by atoms with Gasteiger partial charge in [-0.1, -0.05) is 13.3 Å². The molecule has 1 aliphatic heterocycles. The normalized spacial score (nSPS) is 45.9. The van der Waals surface area contributed by atoms with Crippen LogP contribution < -0.4 is 5.32 Å². The van der Waals surface area contributed by atoms with Crippen molar-refractivity contribution >= 4 is 0 Å². The van der Waals surface area contributed by atoms with Crippen LogP contribution in [0.2, 0.25) is 0 Å². The molecular weight excluding hydrogens is 122 g/mol. The Morgan fingerprint density at radius 3 is 2.40 bits per heavy atom. The van der Waals surface area contributed by atoms with Crippen LogP contribution in [0.5, 0.6) is 0 Å². The lowest BCUT2D eigenvalue weighted by Gasteiger charge is -2.39. The molecule has 58 valence electrons. The van der Waals surface area contributed by atoms with Gasteiger partial charge in [0.05, 0.1) is 0 Å². The van der Waals surface area contributed by atoms with E-state index in [4.69, 9.17) is 0 Å². The molecule has 0 amide bonds. The third-order valence-electron chi connectivity index (χ3n) is 3.31. The van der Waals surface area contributed by atoms with Crippen molar-refractivity contribution in [2.75, 3.05) is 6.54 Å². The minimum Gasteiger partial charge on any atom is -0.314 e. The molecule has 0 aromatic carbocycles. The van der Waals surface area contributed by atoms with E-state index < -0.39 is 0 Å². The van der Waals surface area contributed by atoms with Crippen molar-refractivity contribution in [3.8, 4) is 0 Å². The summed E-state index contributed by atoms with van der Waals surface area (Å²) in [7, 11) is 0. The molecule has 3 unspecified atom stereocenters. The second-order valence-electron chi connectivity index (χ2n) is 3.99. The predicted molar refractivity (Wildman–Crippen MR) is 42.9 cm³/mol. The van der Waals surface area contributed by atoms with E-state index in [1.807, 2.05) is 0 Å². The summed E-state index contributed by atoms with van der Waals surface area (Å²) in [6.07, 6.45) is 5.88. The van der Waals surface area contributed by atoms with E-state index in [1.54, 1.807) is 0 Å². The topological polar surface area (TPSA) is 12.0 Å². The van der Waals surface area contributed by atoms with Gasteiger partial charge in [0, 0.05) is 6.04 Å². The maximum Gasteiger partial charge on any atom is 0.00818 e. The van der Waals surface area contributed by atoms with Gasteiger partial charge in [-0.25, -0.2) is 0 Å². The Morgan fingerprint density at radius 1 is 1.30 bits per heavy atom. The largest absolute Gasteiger partial charge is 0.314 e. The zero-order valence-corrected chi connectivity index (χ0v) is 6.77. The first-order valence-corrected chi connectivity index (χ1v) is 4.59. The average Bonchev–Trinajstić information content (AvgIpc) is 1.82. The van der Waals surface area contributed by atoms with Gasteiger partial charge in [-0.05, 0) is 37.6 Å². The molecule has 0 bridgehead atoms. The zero-order valence-electron chi connectivity index (χ0n) is 6.77. The van der Waals surface area contributed by atoms with Crippen molar-refractivity contribution in [1.82, 2.24) is 5.32 Å². The second kappa shape index (κ2) is 2.54. The maximum absolute atomic E-state index is 3.47. The van der Waals surface area contributed by atoms with Gasteiger partial charge in [0.1, 0.15) is 0 Å². The van der Waals surface area contributed by atoms with Gasteiger partial charge in [-0.3, -0.25) is 0 Å². The van der Waals surface area contributed by atoms with Gasteiger partial charge >= 0.3 is 0 Å². The van der Waals surface area contributed by atoms with Gasteiger partial charge in [0.25, 0.3) is 0 Å². The van der Waals surface area contributed by atoms with E-state index in [-0.39, 0.29) is 0 Å². The minimum atomic E-state index is 0.896. The monoisotopic (exact) mass is 139 g/mol. The molecule has 1 N–H and O–H groups in total. The molecular formula is C9H17N. The van der Waals surface area contributed by atoms with E-state index in [2.05, 4.69) is 12.2 Å². The standard InChI is InChI=1S/C9H17N/c1-7-2-3-8(7)6-9-4-5-10-9/h7-10H,2-6H2,1H3. The molecule has 2 rings (SSSR count). The first-order chi connectivity index (χ1) is 4.86. The zero-order chi connectivity index (χ0) is 6.97. The van der Waals surface area contributed by atoms with Crippen LogP contribution in [0.25, 0.3) is 0 Å². The molecule has 2 aliphatic rings. The molecule has 1 saturated carbocycles. The van der Waals surface area contributed by atoms with E-state index in [0.717, 1.165) is 17.9 Å². The highest BCUT2D eigenvalue weighted by atomic mass is 15.0. The van der Waals surface area contributed by atoms with Crippen LogP contribution in [0.4, 0.5) is 0 Å². The molecule has 1 heterocycles. The van der Waals surface area contributed by atoms with Gasteiger partial charge in [-0.2, -0.15) is 0 Å². The van der Waals surface area contributed by atoms with Crippen molar-refractivity contribution in [1.29, 1.82) is 0 Å². The summed E-state index contributed by atoms with van der Waals surface area (Å²) in [6, 6.07) is 0.896. The summed E-state index contributed by atoms with van der Waals surface area (Å²) in [4.78, 5) is 0. The highest BCUT2D eigenvalue weighted by Crippen LogP contribution is 2.37. The summed E-state index contributed by atoms with van der Waals surface area (Å²) in [5.74, 6) is 2.10. The van der Waals surface area contributed by atoms with Crippen molar-refractivity contribution in [2.24, 2.45) is 11.8 Å². The van der Waals surface area contributed by atoms with Crippen LogP contribution in [-0.2, 0) is 0 Å². The molecule has 10 heavy (non-hydrogen) atoms. The van der Waals surface area contributed by atoms with Gasteiger partial charge in [0.15, 0.2) is 0 Å². The Bertz CT molecular complexity index is 118. The van der Waals surface area contributed by atoms with E-state index in [9.17, 15) is 0 Å². The molecule has 1 saturated heterocycles. The minimum absolute atomic E-state index is 0.896. The molecule has 0 radical (unpaired) electrons. The Hall–Kier alpha value is -0.0400. The Kier molecular flexibility index (Phi) is 1.69. The van der Waals surface area contributed by atoms with E-state index >= 15 is 0 Å². The lowest BCUT2D eigenvalue weighted by molar-refractivity contribution is 0.147. The summed E-state index contributed by atoms with van der Waals surface area (Å²) >= 11 is 0. The predicted octanol–water partition coefficient (Wildman–Crippen LogP) is 1.78. The third-order valence-corrected chi connectivity index (χ3v) is 3.31. The summed E-state index contributed by atoms with van der Waals surface area (Å²) in [5, 5.41) is 3.47. The first-order valence-electron chi connectivity index (χ1n) is 4.59. The Morgan fingerprint density at radius 2 is 2.10 bits per heavy atom. The van der Waals surface area contributed by atoms with Gasteiger partial charge in [0.2, 0.25) is 0 Å². The molecule has 1 heteroatoms. The highest BCUT2D eigenvalue weighted by Gasteiger charge is 2.30. The molecule has 0 spiro atoms. The number of rotatable bonds is 2. The number of hydrogen-bond donors (Lipinski definition) is 1. The molecule has 2 fully saturated rings. The van der Waals surface area contributed by atoms with E-state index in [0.29, 0.717) is 0 Å². The Labute approximate surface area is 63.2 Å². The lowest BCUT2D eigenvalue weighted by atomic mass is 9.71. The Balaban J connectivity index is 1.69. The number of hydrogen-bond acceptors (Lipinski definition) is 1. The maximum atomic E-state index is 3.47. The third kappa shape index (κ3) is 1.07. The van der Waals surface area contributed by atoms with Crippen molar-refractivity contribution in [3.05, 3.63) is 0 Å². The van der Waals surface area contributed by atoms with Crippen LogP contribution in [0.15, 0.2) is 0 Å². The first kappa shape index (κ1) is 6.66. The van der Waals surface area contributed by atoms with Crippen LogP contribution in [0.1, 0.15) is 32.6 Å². The second-order valence-corrected chi connectivity index (χ2v) is 3.99. The fourth-order valence-electron chi connectivity index (χ4n) is 2.00. The quantitative estimate of drug-likeness (QED) is 0.615. The fourth-order valence-corrected chi connectivity index (χ4v) is 2.00. The van der Waals surface area contributed by atoms with Crippen molar-refractivity contribution in [2.45, 2.75) is 38.6 Å². The summed E-state index contributed by atoms with van der Waals surface area (Å²) < 4.78 is 0. The fraction of sp³-hybridized carbons (Fsp3) is 1.00. The molecule has 0 aromatic rings. The molecule has 0 aromatic heterocycles. The summed E-state index contributed by atoms with van der Waals surface area (Å²) in [6.45, 7) is 3.67. The average molecular weight is 139 g/mol. The SMILES string of the molecule is CC1CCC1CC1CCN1. The molecule has 3 atom stereocenters. The molecule has 1 nitrogen and oxygen atoms in total. The van der Waals surface area contributed by atoms with Crippen LogP contribution in [-0.4, -0.2) is 12.6 Å². The summed E-state index contributed by atoms with van der Waals surface area (Å²) in [5.41, 5.74) is 0. The smallest absolute Gasteiger partial charge is 0.00818 e. The van der Waals surface area contributed by atoms with E-state index in [1.165, 1.54) is 32.2 Å².